The van der Waals surface area contributed by atoms with Crippen molar-refractivity contribution < 1.29 is 19.1 Å². The molecule has 0 bridgehead atoms. The summed E-state index contributed by atoms with van der Waals surface area (Å²) in [4.78, 5) is 25.1. The molecule has 0 radical (unpaired) electrons. The fraction of sp³-hybridized carbons (Fsp3) is 0.438. The van der Waals surface area contributed by atoms with Gasteiger partial charge < -0.3 is 14.8 Å². The molecule has 5 rings (SSSR count). The summed E-state index contributed by atoms with van der Waals surface area (Å²) in [7, 11) is 1.41. The highest BCUT2D eigenvalue weighted by Gasteiger charge is 2.23. The molecule has 0 spiro atoms. The number of benzene rings is 3. The van der Waals surface area contributed by atoms with E-state index in [4.69, 9.17) is 9.47 Å². The van der Waals surface area contributed by atoms with Crippen molar-refractivity contribution in [3.05, 3.63) is 65.2 Å². The van der Waals surface area contributed by atoms with Gasteiger partial charge in [0.15, 0.2) is 6.61 Å². The maximum atomic E-state index is 12.5. The van der Waals surface area contributed by atoms with Gasteiger partial charge in [0.1, 0.15) is 11.3 Å². The van der Waals surface area contributed by atoms with Crippen LogP contribution in [0.25, 0.3) is 21.8 Å². The number of nitrogens with one attached hydrogen (secondary N) is 1. The van der Waals surface area contributed by atoms with Gasteiger partial charge in [0, 0.05) is 18.5 Å². The zero-order chi connectivity index (χ0) is 28.1. The molecule has 1 aliphatic carbocycles. The van der Waals surface area contributed by atoms with E-state index in [0.29, 0.717) is 5.75 Å². The van der Waals surface area contributed by atoms with Crippen LogP contribution in [0.2, 0.25) is 0 Å². The number of fused-ring (bicyclic) bond motifs is 2. The second-order valence-corrected chi connectivity index (χ2v) is 10.7. The van der Waals surface area contributed by atoms with Crippen LogP contribution in [-0.4, -0.2) is 46.6 Å². The molecule has 1 aliphatic rings. The minimum atomic E-state index is -0.279. The number of aryl methyl sites for hydroxylation is 2. The molecule has 1 heterocycles. The van der Waals surface area contributed by atoms with Crippen LogP contribution in [0.3, 0.4) is 0 Å². The molecule has 1 aromatic heterocycles. The summed E-state index contributed by atoms with van der Waals surface area (Å²) < 4.78 is 12.8. The average Bonchev–Trinajstić information content (AvgIpc) is 3.23. The third kappa shape index (κ3) is 6.11. The Labute approximate surface area is 235 Å². The lowest BCUT2D eigenvalue weighted by atomic mass is 9.84. The van der Waals surface area contributed by atoms with Crippen molar-refractivity contribution in [2.45, 2.75) is 77.3 Å². The molecule has 1 saturated carbocycles. The fourth-order valence-electron chi connectivity index (χ4n) is 5.84. The number of carbonyl (C=O) groups excluding carboxylic acids is 2. The van der Waals surface area contributed by atoms with Crippen molar-refractivity contribution in [3.8, 4) is 5.75 Å². The van der Waals surface area contributed by atoms with Gasteiger partial charge >= 0.3 is 5.97 Å². The summed E-state index contributed by atoms with van der Waals surface area (Å²) in [5, 5.41) is 13.8. The summed E-state index contributed by atoms with van der Waals surface area (Å²) in [5.74, 6) is 0.0604. The summed E-state index contributed by atoms with van der Waals surface area (Å²) in [6, 6.07) is 16.4. The van der Waals surface area contributed by atoms with E-state index in [0.717, 1.165) is 57.9 Å². The molecular weight excluding hydrogens is 504 g/mol. The average molecular weight is 543 g/mol. The molecule has 1 amide bonds. The van der Waals surface area contributed by atoms with Crippen molar-refractivity contribution in [2.24, 2.45) is 0 Å². The molecule has 0 saturated heterocycles. The highest BCUT2D eigenvalue weighted by atomic mass is 16.5. The topological polar surface area (TPSA) is 95.3 Å². The lowest BCUT2D eigenvalue weighted by Crippen LogP contribution is -2.37. The van der Waals surface area contributed by atoms with Gasteiger partial charge in [-0.15, -0.1) is 5.10 Å². The minimum absolute atomic E-state index is 0.00961. The van der Waals surface area contributed by atoms with Gasteiger partial charge in [-0.1, -0.05) is 61.2 Å². The maximum absolute atomic E-state index is 12.5. The number of aromatic nitrogens is 3. The van der Waals surface area contributed by atoms with E-state index >= 15 is 0 Å². The lowest BCUT2D eigenvalue weighted by Gasteiger charge is -2.20. The van der Waals surface area contributed by atoms with Crippen LogP contribution in [0.5, 0.6) is 5.75 Å². The number of rotatable bonds is 9. The zero-order valence-corrected chi connectivity index (χ0v) is 23.6. The minimum Gasteiger partial charge on any atom is -0.484 e. The van der Waals surface area contributed by atoms with Gasteiger partial charge in [-0.05, 0) is 72.4 Å². The Morgan fingerprint density at radius 3 is 2.55 bits per heavy atom. The van der Waals surface area contributed by atoms with E-state index in [9.17, 15) is 9.59 Å². The Bertz CT molecular complexity index is 1500. The first-order valence-electron chi connectivity index (χ1n) is 14.3. The molecule has 1 fully saturated rings. The zero-order valence-electron chi connectivity index (χ0n) is 23.6. The van der Waals surface area contributed by atoms with E-state index in [1.165, 1.54) is 32.8 Å². The Kier molecular flexibility index (Phi) is 8.63. The van der Waals surface area contributed by atoms with Crippen molar-refractivity contribution in [2.75, 3.05) is 13.7 Å². The quantitative estimate of drug-likeness (QED) is 0.211. The monoisotopic (exact) mass is 542 g/mol. The Hall–Kier alpha value is -3.94. The Morgan fingerprint density at radius 1 is 1.02 bits per heavy atom. The Morgan fingerprint density at radius 2 is 1.80 bits per heavy atom. The molecule has 1 unspecified atom stereocenters. The second kappa shape index (κ2) is 12.5. The van der Waals surface area contributed by atoms with Crippen molar-refractivity contribution in [3.63, 3.8) is 0 Å². The van der Waals surface area contributed by atoms with Crippen LogP contribution in [0.4, 0.5) is 0 Å². The van der Waals surface area contributed by atoms with Gasteiger partial charge in [0.2, 0.25) is 0 Å². The van der Waals surface area contributed by atoms with Crippen LogP contribution < -0.4 is 10.1 Å². The Balaban J connectivity index is 1.39. The van der Waals surface area contributed by atoms with Crippen LogP contribution in [0.15, 0.2) is 48.5 Å². The lowest BCUT2D eigenvalue weighted by molar-refractivity contribution is -0.140. The van der Waals surface area contributed by atoms with E-state index < -0.39 is 0 Å². The van der Waals surface area contributed by atoms with Gasteiger partial charge in [-0.2, -0.15) is 0 Å². The molecule has 4 aromatic rings. The highest BCUT2D eigenvalue weighted by Crippen LogP contribution is 2.35. The van der Waals surface area contributed by atoms with Crippen LogP contribution in [-0.2, 0) is 20.9 Å². The third-order valence-electron chi connectivity index (χ3n) is 8.08. The number of carbonyl (C=O) groups is 2. The van der Waals surface area contributed by atoms with E-state index in [-0.39, 0.29) is 36.9 Å². The summed E-state index contributed by atoms with van der Waals surface area (Å²) >= 11 is 0. The summed E-state index contributed by atoms with van der Waals surface area (Å²) in [6.07, 6.45) is 7.12. The number of hydrogen-bond donors (Lipinski definition) is 1. The molecule has 0 aliphatic heterocycles. The molecule has 1 atom stereocenters. The van der Waals surface area contributed by atoms with Crippen molar-refractivity contribution in [1.82, 2.24) is 20.3 Å². The molecule has 8 nitrogen and oxygen atoms in total. The smallest absolute Gasteiger partial charge is 0.306 e. The number of hydrogen-bond acceptors (Lipinski definition) is 6. The first-order chi connectivity index (χ1) is 19.5. The fourth-order valence-corrected chi connectivity index (χ4v) is 5.84. The highest BCUT2D eigenvalue weighted by molar-refractivity contribution is 5.86. The molecule has 210 valence electrons. The van der Waals surface area contributed by atoms with Gasteiger partial charge in [0.05, 0.1) is 19.0 Å². The number of methoxy groups -OCH3 is 1. The van der Waals surface area contributed by atoms with E-state index in [1.54, 1.807) is 0 Å². The normalized spacial score (nSPS) is 15.1. The number of ether oxygens (including phenoxy) is 2. The van der Waals surface area contributed by atoms with Crippen molar-refractivity contribution >= 4 is 33.7 Å². The standard InChI is InChI=1S/C32H38N4O4/c1-4-36-29-16-15-27(21(2)32(29)34-35-36)28(19-31(38)39-3)23-12-11-22-13-14-26(18-24(22)17-23)40-20-30(37)33-25-9-7-5-6-8-10-25/h11-18,25,28H,4-10,19-20H2,1-3H3,(H,33,37). The van der Waals surface area contributed by atoms with Gasteiger partial charge in [0.25, 0.3) is 5.91 Å². The first kappa shape index (κ1) is 27.6. The SMILES string of the molecule is CCn1nnc2c(C)c(C(CC(=O)OC)c3ccc4ccc(OCC(=O)NC5CCCCCC5)cc4c3)ccc21. The summed E-state index contributed by atoms with van der Waals surface area (Å²) in [6.45, 7) is 4.79. The largest absolute Gasteiger partial charge is 0.484 e. The molecule has 3 aromatic carbocycles. The van der Waals surface area contributed by atoms with Crippen LogP contribution in [0.1, 0.15) is 74.5 Å². The predicted molar refractivity (Wildman–Crippen MR) is 155 cm³/mol. The molecule has 8 heteroatoms. The third-order valence-corrected chi connectivity index (χ3v) is 8.08. The molecule has 1 N–H and O–H groups in total. The summed E-state index contributed by atoms with van der Waals surface area (Å²) in [5.41, 5.74) is 4.83. The van der Waals surface area contributed by atoms with Crippen molar-refractivity contribution in [1.29, 1.82) is 0 Å². The van der Waals surface area contributed by atoms with Gasteiger partial charge in [-0.3, -0.25) is 9.59 Å². The van der Waals surface area contributed by atoms with Crippen LogP contribution in [0, 0.1) is 6.92 Å². The van der Waals surface area contributed by atoms with E-state index in [2.05, 4.69) is 39.9 Å². The predicted octanol–water partition coefficient (Wildman–Crippen LogP) is 5.83. The number of amides is 1. The maximum Gasteiger partial charge on any atom is 0.306 e. The molecular formula is C32H38N4O4. The number of esters is 1. The second-order valence-electron chi connectivity index (χ2n) is 10.7. The van der Waals surface area contributed by atoms with Gasteiger partial charge in [-0.25, -0.2) is 4.68 Å². The number of nitrogens with zero attached hydrogens (tertiary/aromatic N) is 3. The van der Waals surface area contributed by atoms with Crippen LogP contribution >= 0.6 is 0 Å². The van der Waals surface area contributed by atoms with E-state index in [1.807, 2.05) is 42.8 Å². The first-order valence-corrected chi connectivity index (χ1v) is 14.3. The molecule has 40 heavy (non-hydrogen) atoms.